The third-order valence-electron chi connectivity index (χ3n) is 6.02. The minimum atomic E-state index is -4.24. The predicted molar refractivity (Wildman–Crippen MR) is 150 cm³/mol. The largest absolute Gasteiger partial charge is 0.497 e. The van der Waals surface area contributed by atoms with Crippen molar-refractivity contribution in [1.29, 1.82) is 0 Å². The second-order valence-electron chi connectivity index (χ2n) is 8.77. The van der Waals surface area contributed by atoms with Crippen molar-refractivity contribution in [3.8, 4) is 5.75 Å². The molecule has 1 aromatic heterocycles. The first-order valence-electron chi connectivity index (χ1n) is 12.1. The second kappa shape index (κ2) is 12.4. The average molecular weight is 548 g/mol. The highest BCUT2D eigenvalue weighted by Crippen LogP contribution is 2.19. The lowest BCUT2D eigenvalue weighted by Gasteiger charge is -2.25. The van der Waals surface area contributed by atoms with Crippen LogP contribution in [0.15, 0.2) is 91.1 Å². The Hall–Kier alpha value is -4.48. The number of carbonyl (C=O) groups is 2. The molecule has 0 radical (unpaired) electrons. The molecule has 3 amide bonds. The van der Waals surface area contributed by atoms with Gasteiger partial charge in [-0.25, -0.2) is 9.52 Å². The fourth-order valence-electron chi connectivity index (χ4n) is 3.95. The predicted octanol–water partition coefficient (Wildman–Crippen LogP) is 3.15. The maximum absolute atomic E-state index is 13.4. The van der Waals surface area contributed by atoms with E-state index in [0.717, 1.165) is 16.5 Å². The molecule has 39 heavy (non-hydrogen) atoms. The van der Waals surface area contributed by atoms with Crippen molar-refractivity contribution in [2.24, 2.45) is 0 Å². The van der Waals surface area contributed by atoms with Gasteiger partial charge in [-0.3, -0.25) is 9.78 Å². The first kappa shape index (κ1) is 27.6. The van der Waals surface area contributed by atoms with Crippen LogP contribution in [0.2, 0.25) is 0 Å². The number of likely N-dealkylation sites (N-methyl/N-ethyl adjacent to an activating group) is 1. The van der Waals surface area contributed by atoms with Crippen LogP contribution in [0, 0.1) is 0 Å². The van der Waals surface area contributed by atoms with Gasteiger partial charge in [-0.1, -0.05) is 48.5 Å². The summed E-state index contributed by atoms with van der Waals surface area (Å²) in [7, 11) is -1.11. The van der Waals surface area contributed by atoms with Crippen LogP contribution in [-0.4, -0.2) is 45.5 Å². The van der Waals surface area contributed by atoms with Gasteiger partial charge in [0, 0.05) is 37.3 Å². The topological polar surface area (TPSA) is 130 Å². The molecule has 0 fully saturated rings. The Bertz CT molecular complexity index is 1550. The molecule has 11 heteroatoms. The molecular formula is C28H29N5O5S. The monoisotopic (exact) mass is 547 g/mol. The molecule has 1 heterocycles. The van der Waals surface area contributed by atoms with Gasteiger partial charge < -0.3 is 15.0 Å². The molecule has 4 aromatic rings. The Labute approximate surface area is 227 Å². The van der Waals surface area contributed by atoms with Crippen molar-refractivity contribution in [1.82, 2.24) is 19.7 Å². The number of para-hydroxylation sites is 1. The molecule has 202 valence electrons. The van der Waals surface area contributed by atoms with Gasteiger partial charge >= 0.3 is 16.2 Å². The van der Waals surface area contributed by atoms with Crippen LogP contribution in [0.1, 0.15) is 11.1 Å². The van der Waals surface area contributed by atoms with E-state index >= 15 is 0 Å². The Morgan fingerprint density at radius 2 is 1.64 bits per heavy atom. The number of amides is 3. The van der Waals surface area contributed by atoms with E-state index in [1.807, 2.05) is 65.4 Å². The zero-order valence-corrected chi connectivity index (χ0v) is 22.3. The highest BCUT2D eigenvalue weighted by Gasteiger charge is 2.27. The summed E-state index contributed by atoms with van der Waals surface area (Å²) in [6.45, 7) is -0.0764. The van der Waals surface area contributed by atoms with Gasteiger partial charge in [0.15, 0.2) is 0 Å². The number of aromatic nitrogens is 1. The summed E-state index contributed by atoms with van der Waals surface area (Å²) < 4.78 is 34.6. The Balaban J connectivity index is 1.43. The molecule has 3 aromatic carbocycles. The van der Waals surface area contributed by atoms with E-state index in [-0.39, 0.29) is 13.0 Å². The Morgan fingerprint density at radius 1 is 0.949 bits per heavy atom. The number of pyridine rings is 1. The number of nitrogens with one attached hydrogen (secondary N) is 3. The third-order valence-corrected chi connectivity index (χ3v) is 7.00. The molecule has 0 saturated carbocycles. The van der Waals surface area contributed by atoms with Gasteiger partial charge in [0.25, 0.3) is 0 Å². The minimum Gasteiger partial charge on any atom is -0.497 e. The third kappa shape index (κ3) is 7.53. The summed E-state index contributed by atoms with van der Waals surface area (Å²) in [6, 6.07) is 23.2. The van der Waals surface area contributed by atoms with Crippen LogP contribution >= 0.6 is 0 Å². The van der Waals surface area contributed by atoms with Crippen molar-refractivity contribution in [3.63, 3.8) is 0 Å². The zero-order valence-electron chi connectivity index (χ0n) is 21.5. The number of nitrogens with zero attached hydrogens (tertiary/aromatic N) is 2. The van der Waals surface area contributed by atoms with Gasteiger partial charge in [-0.15, -0.1) is 0 Å². The smallest absolute Gasteiger partial charge is 0.330 e. The number of methoxy groups -OCH3 is 1. The van der Waals surface area contributed by atoms with E-state index < -0.39 is 28.2 Å². The summed E-state index contributed by atoms with van der Waals surface area (Å²) in [6.07, 6.45) is 1.72. The molecule has 4 rings (SSSR count). The zero-order chi connectivity index (χ0) is 27.8. The van der Waals surface area contributed by atoms with Crippen LogP contribution in [-0.2, 0) is 28.0 Å². The van der Waals surface area contributed by atoms with Crippen molar-refractivity contribution in [2.75, 3.05) is 19.1 Å². The molecule has 1 atom stereocenters. The molecule has 0 aliphatic carbocycles. The van der Waals surface area contributed by atoms with Crippen molar-refractivity contribution >= 4 is 38.7 Å². The maximum Gasteiger partial charge on any atom is 0.330 e. The van der Waals surface area contributed by atoms with E-state index in [4.69, 9.17) is 4.74 Å². The lowest BCUT2D eigenvalue weighted by molar-refractivity contribution is -0.120. The van der Waals surface area contributed by atoms with Crippen LogP contribution in [0.25, 0.3) is 10.9 Å². The van der Waals surface area contributed by atoms with Gasteiger partial charge in [-0.2, -0.15) is 13.1 Å². The molecule has 10 nitrogen and oxygen atoms in total. The number of urea groups is 1. The van der Waals surface area contributed by atoms with Gasteiger partial charge in [-0.05, 0) is 47.5 Å². The second-order valence-corrected chi connectivity index (χ2v) is 10.3. The lowest BCUT2D eigenvalue weighted by atomic mass is 10.0. The normalized spacial score (nSPS) is 11.9. The number of benzene rings is 3. The summed E-state index contributed by atoms with van der Waals surface area (Å²) >= 11 is 0. The van der Waals surface area contributed by atoms with Crippen LogP contribution < -0.4 is 24.4 Å². The van der Waals surface area contributed by atoms with Crippen molar-refractivity contribution < 1.29 is 22.7 Å². The molecule has 0 aliphatic heterocycles. The van der Waals surface area contributed by atoms with Crippen molar-refractivity contribution in [3.05, 3.63) is 102 Å². The molecule has 1 unspecified atom stereocenters. The quantitative estimate of drug-likeness (QED) is 0.280. The fraction of sp³-hybridized carbons (Fsp3) is 0.179. The lowest BCUT2D eigenvalue weighted by Crippen LogP contribution is -2.54. The average Bonchev–Trinajstić information content (AvgIpc) is 2.95. The SMILES string of the molecule is COc1ccc(N(C)C(=O)C(Cc2ccccc2)NC(=O)NS(=O)(=O)NCc2cnc3ccccc3c2)cc1. The summed E-state index contributed by atoms with van der Waals surface area (Å²) in [5, 5.41) is 3.38. The number of anilines is 1. The Morgan fingerprint density at radius 3 is 2.36 bits per heavy atom. The first-order chi connectivity index (χ1) is 18.7. The van der Waals surface area contributed by atoms with E-state index in [2.05, 4.69) is 15.0 Å². The fourth-order valence-corrected chi connectivity index (χ4v) is 4.69. The number of hydrogen-bond acceptors (Lipinski definition) is 6. The molecule has 0 saturated heterocycles. The standard InChI is InChI=1S/C28H29N5O5S/c1-33(23-12-14-24(38-2)15-13-23)27(34)26(17-20-8-4-3-5-9-20)31-28(35)32-39(36,37)30-19-21-16-22-10-6-7-11-25(22)29-18-21/h3-16,18,26,30H,17,19H2,1-2H3,(H2,31,32,35). The van der Waals surface area contributed by atoms with E-state index in [1.165, 1.54) is 4.90 Å². The minimum absolute atomic E-state index is 0.0764. The number of fused-ring (bicyclic) bond motifs is 1. The molecule has 0 aliphatic rings. The number of carbonyl (C=O) groups excluding carboxylic acids is 2. The highest BCUT2D eigenvalue weighted by atomic mass is 32.2. The highest BCUT2D eigenvalue weighted by molar-refractivity contribution is 7.88. The number of hydrogen-bond donors (Lipinski definition) is 3. The van der Waals surface area contributed by atoms with Gasteiger partial charge in [0.05, 0.1) is 12.6 Å². The maximum atomic E-state index is 13.4. The number of rotatable bonds is 10. The summed E-state index contributed by atoms with van der Waals surface area (Å²) in [5.41, 5.74) is 2.79. The van der Waals surface area contributed by atoms with Gasteiger partial charge in [0.1, 0.15) is 11.8 Å². The van der Waals surface area contributed by atoms with E-state index in [0.29, 0.717) is 17.0 Å². The molecule has 0 bridgehead atoms. The first-order valence-corrected chi connectivity index (χ1v) is 13.6. The van der Waals surface area contributed by atoms with Crippen molar-refractivity contribution in [2.45, 2.75) is 19.0 Å². The molecule has 3 N–H and O–H groups in total. The number of ether oxygens (including phenoxy) is 1. The van der Waals surface area contributed by atoms with Crippen LogP contribution in [0.4, 0.5) is 10.5 Å². The van der Waals surface area contributed by atoms with Crippen LogP contribution in [0.3, 0.4) is 0 Å². The molecule has 0 spiro atoms. The molecular weight excluding hydrogens is 518 g/mol. The summed E-state index contributed by atoms with van der Waals surface area (Å²) in [5.74, 6) is 0.210. The summed E-state index contributed by atoms with van der Waals surface area (Å²) in [4.78, 5) is 31.9. The Kier molecular flexibility index (Phi) is 8.74. The van der Waals surface area contributed by atoms with E-state index in [1.54, 1.807) is 44.6 Å². The van der Waals surface area contributed by atoms with E-state index in [9.17, 15) is 18.0 Å². The van der Waals surface area contributed by atoms with Gasteiger partial charge in [0.2, 0.25) is 5.91 Å². The van der Waals surface area contributed by atoms with Crippen LogP contribution in [0.5, 0.6) is 5.75 Å².